The van der Waals surface area contributed by atoms with E-state index in [1.54, 1.807) is 0 Å². The molecule has 0 saturated carbocycles. The first-order valence-corrected chi connectivity index (χ1v) is 10.4. The molecule has 0 radical (unpaired) electrons. The first-order valence-electron chi connectivity index (χ1n) is 10.4. The lowest BCUT2D eigenvalue weighted by Crippen LogP contribution is -2.22. The van der Waals surface area contributed by atoms with Crippen molar-refractivity contribution < 1.29 is 4.79 Å². The standard InChI is InChI=1S/C24H28N4O2/c1-4-20-15-22(29)27-23(25-20)19-8-7-9-21(14-19)26-24(30)18-12-10-17(11-13-18)16-28(5-2)6-3/h7-15H,4-6,16H2,1-3H3,(H,26,30)(H,25,27,29). The van der Waals surface area contributed by atoms with Crippen molar-refractivity contribution >= 4 is 11.6 Å². The summed E-state index contributed by atoms with van der Waals surface area (Å²) in [6, 6.07) is 16.5. The molecule has 6 heteroatoms. The number of aromatic amines is 1. The van der Waals surface area contributed by atoms with Crippen LogP contribution in [0.25, 0.3) is 11.4 Å². The summed E-state index contributed by atoms with van der Waals surface area (Å²) in [6.45, 7) is 9.10. The Kier molecular flexibility index (Phi) is 7.14. The SMILES string of the molecule is CCc1cc(=O)[nH]c(-c2cccc(NC(=O)c3ccc(CN(CC)CC)cc3)c2)n1. The van der Waals surface area contributed by atoms with Crippen LogP contribution in [0.3, 0.4) is 0 Å². The third-order valence-corrected chi connectivity index (χ3v) is 5.07. The van der Waals surface area contributed by atoms with Crippen LogP contribution in [-0.2, 0) is 13.0 Å². The molecule has 2 aromatic carbocycles. The van der Waals surface area contributed by atoms with Crippen LogP contribution in [0.4, 0.5) is 5.69 Å². The zero-order valence-corrected chi connectivity index (χ0v) is 17.7. The highest BCUT2D eigenvalue weighted by atomic mass is 16.1. The van der Waals surface area contributed by atoms with E-state index in [9.17, 15) is 9.59 Å². The molecule has 1 amide bonds. The van der Waals surface area contributed by atoms with Crippen molar-refractivity contribution in [1.82, 2.24) is 14.9 Å². The second-order valence-corrected chi connectivity index (χ2v) is 7.13. The van der Waals surface area contributed by atoms with Crippen LogP contribution >= 0.6 is 0 Å². The zero-order valence-electron chi connectivity index (χ0n) is 17.7. The monoisotopic (exact) mass is 404 g/mol. The van der Waals surface area contributed by atoms with Crippen LogP contribution in [0.2, 0.25) is 0 Å². The predicted octanol–water partition coefficient (Wildman–Crippen LogP) is 4.09. The maximum absolute atomic E-state index is 12.7. The average molecular weight is 405 g/mol. The maximum atomic E-state index is 12.7. The first kappa shape index (κ1) is 21.5. The molecule has 3 aromatic rings. The number of nitrogens with one attached hydrogen (secondary N) is 2. The maximum Gasteiger partial charge on any atom is 0.255 e. The van der Waals surface area contributed by atoms with Crippen molar-refractivity contribution in [3.8, 4) is 11.4 Å². The van der Waals surface area contributed by atoms with Gasteiger partial charge in [0.05, 0.1) is 0 Å². The van der Waals surface area contributed by atoms with Gasteiger partial charge in [0.1, 0.15) is 5.82 Å². The highest BCUT2D eigenvalue weighted by Crippen LogP contribution is 2.20. The molecule has 156 valence electrons. The molecule has 0 unspecified atom stereocenters. The molecule has 0 atom stereocenters. The highest BCUT2D eigenvalue weighted by molar-refractivity contribution is 6.04. The van der Waals surface area contributed by atoms with Gasteiger partial charge in [-0.15, -0.1) is 0 Å². The van der Waals surface area contributed by atoms with Gasteiger partial charge < -0.3 is 10.3 Å². The van der Waals surface area contributed by atoms with E-state index in [2.05, 4.69) is 34.0 Å². The molecule has 0 saturated heterocycles. The Bertz CT molecular complexity index is 1050. The largest absolute Gasteiger partial charge is 0.322 e. The number of rotatable bonds is 8. The number of aromatic nitrogens is 2. The lowest BCUT2D eigenvalue weighted by molar-refractivity contribution is 0.102. The van der Waals surface area contributed by atoms with E-state index in [0.717, 1.165) is 30.9 Å². The number of anilines is 1. The van der Waals surface area contributed by atoms with Gasteiger partial charge in [-0.1, -0.05) is 45.0 Å². The van der Waals surface area contributed by atoms with Crippen LogP contribution in [0, 0.1) is 0 Å². The van der Waals surface area contributed by atoms with Crippen molar-refractivity contribution in [2.75, 3.05) is 18.4 Å². The van der Waals surface area contributed by atoms with Gasteiger partial charge in [-0.25, -0.2) is 4.98 Å². The molecule has 0 spiro atoms. The van der Waals surface area contributed by atoms with Crippen LogP contribution in [-0.4, -0.2) is 33.9 Å². The van der Waals surface area contributed by atoms with E-state index < -0.39 is 0 Å². The topological polar surface area (TPSA) is 78.1 Å². The van der Waals surface area contributed by atoms with Gasteiger partial charge in [0.2, 0.25) is 0 Å². The summed E-state index contributed by atoms with van der Waals surface area (Å²) in [6.07, 6.45) is 0.678. The minimum Gasteiger partial charge on any atom is -0.322 e. The number of benzene rings is 2. The Labute approximate surface area is 177 Å². The summed E-state index contributed by atoms with van der Waals surface area (Å²) in [5.41, 5.74) is 3.72. The zero-order chi connectivity index (χ0) is 21.5. The fourth-order valence-corrected chi connectivity index (χ4v) is 3.24. The fraction of sp³-hybridized carbons (Fsp3) is 0.292. The van der Waals surface area contributed by atoms with E-state index in [1.165, 1.54) is 11.6 Å². The third-order valence-electron chi connectivity index (χ3n) is 5.07. The van der Waals surface area contributed by atoms with Crippen LogP contribution < -0.4 is 10.9 Å². The minimum absolute atomic E-state index is 0.176. The van der Waals surface area contributed by atoms with Gasteiger partial charge in [0, 0.05) is 35.1 Å². The van der Waals surface area contributed by atoms with Crippen molar-refractivity contribution in [3.63, 3.8) is 0 Å². The Balaban J connectivity index is 1.74. The number of nitrogens with zero attached hydrogens (tertiary/aromatic N) is 2. The molecule has 0 fully saturated rings. The molecule has 30 heavy (non-hydrogen) atoms. The van der Waals surface area contributed by atoms with Gasteiger partial charge >= 0.3 is 0 Å². The second kappa shape index (κ2) is 9.98. The number of carbonyl (C=O) groups excluding carboxylic acids is 1. The quantitative estimate of drug-likeness (QED) is 0.593. The van der Waals surface area contributed by atoms with E-state index in [4.69, 9.17) is 0 Å². The Morgan fingerprint density at radius 1 is 1.03 bits per heavy atom. The van der Waals surface area contributed by atoms with Crippen molar-refractivity contribution in [2.45, 2.75) is 33.7 Å². The molecule has 1 aromatic heterocycles. The van der Waals surface area contributed by atoms with Gasteiger partial charge in [0.25, 0.3) is 11.5 Å². The van der Waals surface area contributed by atoms with Crippen molar-refractivity contribution in [3.05, 3.63) is 81.8 Å². The molecule has 0 aliphatic carbocycles. The summed E-state index contributed by atoms with van der Waals surface area (Å²) >= 11 is 0. The summed E-state index contributed by atoms with van der Waals surface area (Å²) < 4.78 is 0. The molecule has 6 nitrogen and oxygen atoms in total. The van der Waals surface area contributed by atoms with E-state index in [0.29, 0.717) is 23.5 Å². The van der Waals surface area contributed by atoms with Gasteiger partial charge in [0.15, 0.2) is 0 Å². The molecular weight excluding hydrogens is 376 g/mol. The molecule has 2 N–H and O–H groups in total. The number of hydrogen-bond donors (Lipinski definition) is 2. The Morgan fingerprint density at radius 2 is 1.77 bits per heavy atom. The molecule has 0 bridgehead atoms. The van der Waals surface area contributed by atoms with Gasteiger partial charge in [-0.2, -0.15) is 0 Å². The Morgan fingerprint density at radius 3 is 2.43 bits per heavy atom. The molecule has 0 aliphatic heterocycles. The summed E-state index contributed by atoms with van der Waals surface area (Å²) in [7, 11) is 0. The molecule has 0 aliphatic rings. The lowest BCUT2D eigenvalue weighted by atomic mass is 10.1. The van der Waals surface area contributed by atoms with Gasteiger partial charge in [-0.05, 0) is 49.3 Å². The van der Waals surface area contributed by atoms with Crippen LogP contribution in [0.1, 0.15) is 42.4 Å². The van der Waals surface area contributed by atoms with Crippen LogP contribution in [0.15, 0.2) is 59.4 Å². The number of aryl methyl sites for hydroxylation is 1. The lowest BCUT2D eigenvalue weighted by Gasteiger charge is -2.18. The summed E-state index contributed by atoms with van der Waals surface area (Å²) in [4.78, 5) is 34.1. The number of amides is 1. The smallest absolute Gasteiger partial charge is 0.255 e. The Hall–Kier alpha value is -3.25. The van der Waals surface area contributed by atoms with Crippen LogP contribution in [0.5, 0.6) is 0 Å². The highest BCUT2D eigenvalue weighted by Gasteiger charge is 2.09. The third kappa shape index (κ3) is 5.42. The summed E-state index contributed by atoms with van der Waals surface area (Å²) in [5, 5.41) is 2.93. The second-order valence-electron chi connectivity index (χ2n) is 7.13. The van der Waals surface area contributed by atoms with Crippen molar-refractivity contribution in [2.24, 2.45) is 0 Å². The first-order chi connectivity index (χ1) is 14.5. The predicted molar refractivity (Wildman–Crippen MR) is 121 cm³/mol. The molecular formula is C24H28N4O2. The van der Waals surface area contributed by atoms with Gasteiger partial charge in [-0.3, -0.25) is 14.5 Å². The number of hydrogen-bond acceptors (Lipinski definition) is 4. The normalized spacial score (nSPS) is 10.9. The number of carbonyl (C=O) groups is 1. The van der Waals surface area contributed by atoms with E-state index >= 15 is 0 Å². The molecule has 3 rings (SSSR count). The fourth-order valence-electron chi connectivity index (χ4n) is 3.24. The molecule has 1 heterocycles. The van der Waals surface area contributed by atoms with E-state index in [-0.39, 0.29) is 11.5 Å². The van der Waals surface area contributed by atoms with Crippen molar-refractivity contribution in [1.29, 1.82) is 0 Å². The van der Waals surface area contributed by atoms with E-state index in [1.807, 2.05) is 55.5 Å². The minimum atomic E-state index is -0.184. The number of H-pyrrole nitrogens is 1. The average Bonchev–Trinajstić information content (AvgIpc) is 2.77. The summed E-state index contributed by atoms with van der Waals surface area (Å²) in [5.74, 6) is 0.321.